The van der Waals surface area contributed by atoms with Gasteiger partial charge in [-0.25, -0.2) is 12.8 Å². The van der Waals surface area contributed by atoms with Crippen LogP contribution in [0.15, 0.2) is 58.6 Å². The summed E-state index contributed by atoms with van der Waals surface area (Å²) >= 11 is 7.53. The first-order chi connectivity index (χ1) is 16.7. The zero-order chi connectivity index (χ0) is 24.9. The number of nitrogens with zero attached hydrogens (tertiary/aromatic N) is 3. The van der Waals surface area contributed by atoms with E-state index in [0.29, 0.717) is 35.9 Å². The van der Waals surface area contributed by atoms with Crippen molar-refractivity contribution in [3.05, 3.63) is 70.9 Å². The standard InChI is InChI=1S/C25H23ClFN3O3S2/c1-3-29-13-17(12-28-29)30-15(2)25(20-9-10-21(26)23(27)24(20)30)34-18-6-4-5-16(11-18)22(31)14-35(32,33)19-7-8-19/h4-6,9-13,19H,3,7-8,14H2,1-2H3. The molecule has 2 aromatic heterocycles. The van der Waals surface area contributed by atoms with Gasteiger partial charge in [-0.3, -0.25) is 9.48 Å². The molecule has 0 radical (unpaired) electrons. The fourth-order valence-electron chi connectivity index (χ4n) is 4.16. The molecule has 0 amide bonds. The molecule has 1 aliphatic carbocycles. The molecular formula is C25H23ClFN3O3S2. The van der Waals surface area contributed by atoms with Crippen LogP contribution in [0.1, 0.15) is 35.8 Å². The summed E-state index contributed by atoms with van der Waals surface area (Å²) in [6.45, 7) is 4.55. The Kier molecular flexibility index (Phi) is 6.27. The van der Waals surface area contributed by atoms with Gasteiger partial charge in [0.1, 0.15) is 5.75 Å². The van der Waals surface area contributed by atoms with Crippen LogP contribution < -0.4 is 0 Å². The van der Waals surface area contributed by atoms with Crippen LogP contribution in [0.4, 0.5) is 4.39 Å². The highest BCUT2D eigenvalue weighted by Gasteiger charge is 2.37. The summed E-state index contributed by atoms with van der Waals surface area (Å²) in [5.74, 6) is -1.41. The van der Waals surface area contributed by atoms with Gasteiger partial charge in [-0.2, -0.15) is 5.10 Å². The molecule has 5 rings (SSSR count). The minimum absolute atomic E-state index is 0.0279. The Morgan fingerprint density at radius 2 is 2.03 bits per heavy atom. The monoisotopic (exact) mass is 531 g/mol. The number of halogens is 2. The van der Waals surface area contributed by atoms with E-state index in [1.807, 2.05) is 26.1 Å². The molecule has 4 aromatic rings. The Morgan fingerprint density at radius 3 is 2.71 bits per heavy atom. The van der Waals surface area contributed by atoms with E-state index >= 15 is 4.39 Å². The first-order valence-electron chi connectivity index (χ1n) is 11.2. The third-order valence-corrected chi connectivity index (χ3v) is 9.80. The zero-order valence-corrected chi connectivity index (χ0v) is 21.6. The van der Waals surface area contributed by atoms with Gasteiger partial charge < -0.3 is 4.57 Å². The summed E-state index contributed by atoms with van der Waals surface area (Å²) in [6, 6.07) is 10.2. The second-order valence-electron chi connectivity index (χ2n) is 8.62. The minimum Gasteiger partial charge on any atom is -0.307 e. The first-order valence-corrected chi connectivity index (χ1v) is 14.1. The van der Waals surface area contributed by atoms with Crippen LogP contribution in [0.25, 0.3) is 16.6 Å². The average molecular weight is 532 g/mol. The third-order valence-electron chi connectivity index (χ3n) is 6.14. The summed E-state index contributed by atoms with van der Waals surface area (Å²) < 4.78 is 43.4. The molecule has 10 heteroatoms. The van der Waals surface area contributed by atoms with Crippen LogP contribution in [0.3, 0.4) is 0 Å². The number of Topliss-reactive ketones (excluding diaryl/α,β-unsaturated/α-hetero) is 1. The molecule has 0 unspecified atom stereocenters. The van der Waals surface area contributed by atoms with Crippen molar-refractivity contribution in [2.75, 3.05) is 5.75 Å². The van der Waals surface area contributed by atoms with Crippen LogP contribution >= 0.6 is 23.4 Å². The van der Waals surface area contributed by atoms with Crippen molar-refractivity contribution in [1.82, 2.24) is 14.3 Å². The van der Waals surface area contributed by atoms with Crippen molar-refractivity contribution in [2.24, 2.45) is 0 Å². The molecule has 0 N–H and O–H groups in total. The molecule has 6 nitrogen and oxygen atoms in total. The van der Waals surface area contributed by atoms with Crippen molar-refractivity contribution >= 4 is 49.9 Å². The van der Waals surface area contributed by atoms with E-state index in [4.69, 9.17) is 11.6 Å². The summed E-state index contributed by atoms with van der Waals surface area (Å²) in [5, 5.41) is 4.66. The lowest BCUT2D eigenvalue weighted by Crippen LogP contribution is -2.19. The summed E-state index contributed by atoms with van der Waals surface area (Å²) in [5.41, 5.74) is 2.22. The number of fused-ring (bicyclic) bond motifs is 1. The van der Waals surface area contributed by atoms with Gasteiger partial charge in [0, 0.05) is 39.2 Å². The number of ketones is 1. The van der Waals surface area contributed by atoms with Gasteiger partial charge in [-0.15, -0.1) is 0 Å². The molecule has 182 valence electrons. The number of rotatable bonds is 8. The lowest BCUT2D eigenvalue weighted by molar-refractivity contribution is 0.102. The van der Waals surface area contributed by atoms with Gasteiger partial charge in [0.15, 0.2) is 21.4 Å². The Labute approximate surface area is 212 Å². The molecule has 35 heavy (non-hydrogen) atoms. The quantitative estimate of drug-likeness (QED) is 0.266. The van der Waals surface area contributed by atoms with Crippen LogP contribution in [0.2, 0.25) is 5.02 Å². The SMILES string of the molecule is CCn1cc(-n2c(C)c(Sc3cccc(C(=O)CS(=O)(=O)C4CC4)c3)c3ccc(Cl)c(F)c32)cn1. The number of hydrogen-bond acceptors (Lipinski definition) is 5. The Hall–Kier alpha value is -2.62. The normalized spacial score (nSPS) is 14.1. The van der Waals surface area contributed by atoms with Crippen molar-refractivity contribution in [2.45, 2.75) is 48.3 Å². The van der Waals surface area contributed by atoms with Crippen LogP contribution in [0, 0.1) is 12.7 Å². The number of benzene rings is 2. The van der Waals surface area contributed by atoms with Gasteiger partial charge in [0.2, 0.25) is 0 Å². The van der Waals surface area contributed by atoms with Crippen molar-refractivity contribution < 1.29 is 17.6 Å². The van der Waals surface area contributed by atoms with E-state index < -0.39 is 27.2 Å². The molecule has 1 fully saturated rings. The second-order valence-corrected chi connectivity index (χ2v) is 12.4. The highest BCUT2D eigenvalue weighted by atomic mass is 35.5. The number of carbonyl (C=O) groups is 1. The van der Waals surface area contributed by atoms with E-state index in [1.165, 1.54) is 17.8 Å². The predicted octanol–water partition coefficient (Wildman–Crippen LogP) is 5.86. The summed E-state index contributed by atoms with van der Waals surface area (Å²) in [7, 11) is -3.40. The highest BCUT2D eigenvalue weighted by molar-refractivity contribution is 7.99. The van der Waals surface area contributed by atoms with E-state index in [0.717, 1.165) is 21.2 Å². The summed E-state index contributed by atoms with van der Waals surface area (Å²) in [6.07, 6.45) is 4.80. The number of sulfone groups is 1. The largest absolute Gasteiger partial charge is 0.307 e. The smallest absolute Gasteiger partial charge is 0.177 e. The molecule has 2 aromatic carbocycles. The number of aromatic nitrogens is 3. The van der Waals surface area contributed by atoms with Gasteiger partial charge in [0.25, 0.3) is 0 Å². The number of hydrogen-bond donors (Lipinski definition) is 0. The van der Waals surface area contributed by atoms with Crippen LogP contribution in [0.5, 0.6) is 0 Å². The Morgan fingerprint density at radius 1 is 1.26 bits per heavy atom. The molecule has 0 bridgehead atoms. The minimum atomic E-state index is -3.40. The maximum atomic E-state index is 15.3. The third kappa shape index (κ3) is 4.52. The average Bonchev–Trinajstić information content (AvgIpc) is 3.54. The van der Waals surface area contributed by atoms with Crippen molar-refractivity contribution in [3.63, 3.8) is 0 Å². The molecule has 0 saturated heterocycles. The van der Waals surface area contributed by atoms with Crippen molar-refractivity contribution in [1.29, 1.82) is 0 Å². The molecule has 2 heterocycles. The van der Waals surface area contributed by atoms with Crippen LogP contribution in [-0.2, 0) is 16.4 Å². The number of aryl methyl sites for hydroxylation is 1. The zero-order valence-electron chi connectivity index (χ0n) is 19.2. The van der Waals surface area contributed by atoms with E-state index in [1.54, 1.807) is 39.7 Å². The van der Waals surface area contributed by atoms with Gasteiger partial charge in [-0.05, 0) is 51.0 Å². The molecule has 1 aliphatic rings. The summed E-state index contributed by atoms with van der Waals surface area (Å²) in [4.78, 5) is 14.3. The topological polar surface area (TPSA) is 74.0 Å². The maximum absolute atomic E-state index is 15.3. The maximum Gasteiger partial charge on any atom is 0.177 e. The fourth-order valence-corrected chi connectivity index (χ4v) is 7.02. The highest BCUT2D eigenvalue weighted by Crippen LogP contribution is 2.42. The molecular weight excluding hydrogens is 509 g/mol. The van der Waals surface area contributed by atoms with Gasteiger partial charge >= 0.3 is 0 Å². The lowest BCUT2D eigenvalue weighted by atomic mass is 10.1. The molecule has 1 saturated carbocycles. The second kappa shape index (κ2) is 9.11. The Bertz CT molecular complexity index is 1570. The van der Waals surface area contributed by atoms with Crippen molar-refractivity contribution in [3.8, 4) is 5.69 Å². The fraction of sp³-hybridized carbons (Fsp3) is 0.280. The van der Waals surface area contributed by atoms with Gasteiger partial charge in [0.05, 0.1) is 27.7 Å². The van der Waals surface area contributed by atoms with Crippen LogP contribution in [-0.4, -0.2) is 39.6 Å². The first kappa shape index (κ1) is 24.1. The Balaban J connectivity index is 1.55. The molecule has 0 aliphatic heterocycles. The molecule has 0 atom stereocenters. The van der Waals surface area contributed by atoms with E-state index in [2.05, 4.69) is 5.10 Å². The molecule has 0 spiro atoms. The number of carbonyl (C=O) groups excluding carboxylic acids is 1. The van der Waals surface area contributed by atoms with E-state index in [9.17, 15) is 13.2 Å². The van der Waals surface area contributed by atoms with E-state index in [-0.39, 0.29) is 10.3 Å². The predicted molar refractivity (Wildman–Crippen MR) is 136 cm³/mol. The lowest BCUT2D eigenvalue weighted by Gasteiger charge is -2.07. The van der Waals surface area contributed by atoms with Gasteiger partial charge in [-0.1, -0.05) is 35.5 Å².